The van der Waals surface area contributed by atoms with Crippen molar-refractivity contribution in [1.29, 1.82) is 0 Å². The van der Waals surface area contributed by atoms with E-state index in [9.17, 15) is 0 Å². The molecule has 0 unspecified atom stereocenters. The number of halogens is 2. The molecule has 0 amide bonds. The van der Waals surface area contributed by atoms with Gasteiger partial charge in [0.2, 0.25) is 0 Å². The highest BCUT2D eigenvalue weighted by atomic mass is 35.5. The highest BCUT2D eigenvalue weighted by molar-refractivity contribution is 6.31. The number of hydrogen-bond donors (Lipinski definition) is 0. The van der Waals surface area contributed by atoms with E-state index in [2.05, 4.69) is 0 Å². The molecule has 3 aromatic carbocycles. The first-order valence-electron chi connectivity index (χ1n) is 8.34. The van der Waals surface area contributed by atoms with Crippen molar-refractivity contribution in [3.8, 4) is 17.1 Å². The molecule has 0 saturated heterocycles. The molecule has 6 heteroatoms. The normalized spacial score (nSPS) is 10.9. The molecule has 0 radical (unpaired) electrons. The van der Waals surface area contributed by atoms with E-state index < -0.39 is 0 Å². The summed E-state index contributed by atoms with van der Waals surface area (Å²) in [6, 6.07) is 20.8. The maximum absolute atomic E-state index is 6.19. The number of hydrogen-bond acceptors (Lipinski definition) is 3. The minimum Gasteiger partial charge on any atom is -0.497 e. The molecular weight excluding hydrogens is 383 g/mol. The smallest absolute Gasteiger partial charge is 0.176 e. The van der Waals surface area contributed by atoms with Crippen LogP contribution in [0.1, 0.15) is 5.56 Å². The molecule has 4 rings (SSSR count). The van der Waals surface area contributed by atoms with E-state index in [-0.39, 0.29) is 0 Å². The molecule has 27 heavy (non-hydrogen) atoms. The summed E-state index contributed by atoms with van der Waals surface area (Å²) in [5.41, 5.74) is 3.48. The fraction of sp³-hybridized carbons (Fsp3) is 0.0952. The Morgan fingerprint density at radius 2 is 1.70 bits per heavy atom. The second-order valence-corrected chi connectivity index (χ2v) is 6.87. The second-order valence-electron chi connectivity index (χ2n) is 5.99. The first kappa shape index (κ1) is 17.7. The summed E-state index contributed by atoms with van der Waals surface area (Å²) in [6.45, 7) is 0.349. The largest absolute Gasteiger partial charge is 0.497 e. The number of fused-ring (bicyclic) bond motifs is 1. The van der Waals surface area contributed by atoms with E-state index >= 15 is 0 Å². The molecule has 4 aromatic rings. The van der Waals surface area contributed by atoms with Crippen LogP contribution in [0.3, 0.4) is 0 Å². The number of rotatable bonds is 5. The molecule has 0 N–H and O–H groups in total. The van der Waals surface area contributed by atoms with Crippen molar-refractivity contribution in [2.45, 2.75) is 6.61 Å². The summed E-state index contributed by atoms with van der Waals surface area (Å²) in [5, 5.41) is 1.29. The van der Waals surface area contributed by atoms with Gasteiger partial charge in [-0.3, -0.25) is 0 Å². The Labute approximate surface area is 166 Å². The van der Waals surface area contributed by atoms with Crippen LogP contribution in [0, 0.1) is 0 Å². The number of ether oxygens (including phenoxy) is 1. The zero-order valence-electron chi connectivity index (χ0n) is 14.5. The van der Waals surface area contributed by atoms with E-state index in [0.29, 0.717) is 22.5 Å². The Morgan fingerprint density at radius 1 is 0.926 bits per heavy atom. The summed E-state index contributed by atoms with van der Waals surface area (Å²) in [4.78, 5) is 10.8. The zero-order chi connectivity index (χ0) is 18.8. The Kier molecular flexibility index (Phi) is 4.92. The van der Waals surface area contributed by atoms with E-state index in [1.807, 2.05) is 66.7 Å². The summed E-state index contributed by atoms with van der Waals surface area (Å²) in [7, 11) is 1.64. The van der Waals surface area contributed by atoms with Crippen molar-refractivity contribution in [3.63, 3.8) is 0 Å². The number of benzene rings is 3. The minimum atomic E-state index is 0.349. The molecule has 136 valence electrons. The van der Waals surface area contributed by atoms with Crippen LogP contribution in [0.2, 0.25) is 10.0 Å². The lowest BCUT2D eigenvalue weighted by atomic mass is 10.2. The van der Waals surface area contributed by atoms with Gasteiger partial charge in [0.25, 0.3) is 0 Å². The fourth-order valence-electron chi connectivity index (χ4n) is 2.85. The van der Waals surface area contributed by atoms with Crippen molar-refractivity contribution in [2.75, 3.05) is 7.11 Å². The average molecular weight is 399 g/mol. The van der Waals surface area contributed by atoms with Gasteiger partial charge in [-0.1, -0.05) is 35.3 Å². The van der Waals surface area contributed by atoms with Gasteiger partial charge in [0.15, 0.2) is 5.82 Å². The van der Waals surface area contributed by atoms with Crippen LogP contribution >= 0.6 is 23.2 Å². The maximum atomic E-state index is 6.19. The Bertz CT molecular complexity index is 1090. The standard InChI is InChI=1S/C21H16Cl2N2O2/c1-26-18-8-5-15(6-9-18)21-24-19-10-7-17(23)12-20(19)25(21)27-13-14-3-2-4-16(22)11-14/h2-12H,13H2,1H3. The van der Waals surface area contributed by atoms with Gasteiger partial charge in [-0.25, -0.2) is 4.98 Å². The van der Waals surface area contributed by atoms with Crippen LogP contribution in [0.4, 0.5) is 0 Å². The van der Waals surface area contributed by atoms with Crippen molar-refractivity contribution in [2.24, 2.45) is 0 Å². The lowest BCUT2D eigenvalue weighted by Gasteiger charge is -2.12. The molecule has 0 aliphatic heterocycles. The average Bonchev–Trinajstić information content (AvgIpc) is 3.04. The van der Waals surface area contributed by atoms with E-state index in [0.717, 1.165) is 27.9 Å². The summed E-state index contributed by atoms with van der Waals surface area (Å²) in [5.74, 6) is 1.47. The SMILES string of the molecule is COc1ccc(-c2nc3ccc(Cl)cc3n2OCc2cccc(Cl)c2)cc1. The second kappa shape index (κ2) is 7.51. The van der Waals surface area contributed by atoms with Crippen LogP contribution in [0.25, 0.3) is 22.4 Å². The number of nitrogens with zero attached hydrogens (tertiary/aromatic N) is 2. The third-order valence-corrected chi connectivity index (χ3v) is 4.64. The van der Waals surface area contributed by atoms with Crippen LogP contribution in [0.15, 0.2) is 66.7 Å². The molecule has 1 aromatic heterocycles. The Morgan fingerprint density at radius 3 is 2.44 bits per heavy atom. The van der Waals surface area contributed by atoms with Gasteiger partial charge in [0.05, 0.1) is 12.6 Å². The predicted octanol–water partition coefficient (Wildman–Crippen LogP) is 5.65. The minimum absolute atomic E-state index is 0.349. The third kappa shape index (κ3) is 3.72. The van der Waals surface area contributed by atoms with E-state index in [4.69, 9.17) is 37.8 Å². The molecule has 0 spiro atoms. The topological polar surface area (TPSA) is 36.3 Å². The quantitative estimate of drug-likeness (QED) is 0.435. The highest BCUT2D eigenvalue weighted by Crippen LogP contribution is 2.27. The lowest BCUT2D eigenvalue weighted by Crippen LogP contribution is -2.12. The molecule has 0 aliphatic carbocycles. The number of aromatic nitrogens is 2. The first-order valence-corrected chi connectivity index (χ1v) is 9.10. The van der Waals surface area contributed by atoms with Crippen LogP contribution in [-0.2, 0) is 6.61 Å². The third-order valence-electron chi connectivity index (χ3n) is 4.17. The van der Waals surface area contributed by atoms with Crippen molar-refractivity contribution in [1.82, 2.24) is 9.71 Å². The first-order chi connectivity index (χ1) is 13.1. The van der Waals surface area contributed by atoms with Gasteiger partial charge in [-0.05, 0) is 60.2 Å². The summed E-state index contributed by atoms with van der Waals surface area (Å²) >= 11 is 12.3. The lowest BCUT2D eigenvalue weighted by molar-refractivity contribution is 0.110. The molecule has 0 saturated carbocycles. The summed E-state index contributed by atoms with van der Waals surface area (Å²) in [6.07, 6.45) is 0. The Hall–Kier alpha value is -2.69. The van der Waals surface area contributed by atoms with Crippen molar-refractivity contribution < 1.29 is 9.57 Å². The van der Waals surface area contributed by atoms with Gasteiger partial charge in [-0.15, -0.1) is 0 Å². The zero-order valence-corrected chi connectivity index (χ0v) is 16.0. The van der Waals surface area contributed by atoms with E-state index in [1.165, 1.54) is 0 Å². The van der Waals surface area contributed by atoms with Gasteiger partial charge < -0.3 is 9.57 Å². The molecule has 4 nitrogen and oxygen atoms in total. The summed E-state index contributed by atoms with van der Waals surface area (Å²) < 4.78 is 6.95. The van der Waals surface area contributed by atoms with Crippen LogP contribution in [-0.4, -0.2) is 16.8 Å². The monoisotopic (exact) mass is 398 g/mol. The molecular formula is C21H16Cl2N2O2. The highest BCUT2D eigenvalue weighted by Gasteiger charge is 2.15. The van der Waals surface area contributed by atoms with E-state index in [1.54, 1.807) is 11.8 Å². The molecule has 1 heterocycles. The number of methoxy groups -OCH3 is 1. The fourth-order valence-corrected chi connectivity index (χ4v) is 3.23. The molecule has 0 aliphatic rings. The molecule has 0 bridgehead atoms. The molecule has 0 atom stereocenters. The van der Waals surface area contributed by atoms with Crippen molar-refractivity contribution >= 4 is 34.2 Å². The molecule has 0 fully saturated rings. The van der Waals surface area contributed by atoms with Gasteiger partial charge >= 0.3 is 0 Å². The predicted molar refractivity (Wildman–Crippen MR) is 108 cm³/mol. The van der Waals surface area contributed by atoms with Gasteiger partial charge in [-0.2, -0.15) is 4.73 Å². The maximum Gasteiger partial charge on any atom is 0.176 e. The van der Waals surface area contributed by atoms with Crippen LogP contribution in [0.5, 0.6) is 5.75 Å². The van der Waals surface area contributed by atoms with Gasteiger partial charge in [0, 0.05) is 15.6 Å². The Balaban J connectivity index is 1.76. The van der Waals surface area contributed by atoms with Crippen LogP contribution < -0.4 is 9.57 Å². The van der Waals surface area contributed by atoms with Crippen molar-refractivity contribution in [3.05, 3.63) is 82.3 Å². The number of imidazole rings is 1. The van der Waals surface area contributed by atoms with Gasteiger partial charge in [0.1, 0.15) is 17.9 Å².